The summed E-state index contributed by atoms with van der Waals surface area (Å²) < 4.78 is 17.9. The van der Waals surface area contributed by atoms with Crippen LogP contribution in [0.15, 0.2) is 60.8 Å². The Labute approximate surface area is 191 Å². The van der Waals surface area contributed by atoms with E-state index in [1.165, 1.54) is 25.4 Å². The summed E-state index contributed by atoms with van der Waals surface area (Å²) in [7, 11) is 3.12. The van der Waals surface area contributed by atoms with Gasteiger partial charge in [0.1, 0.15) is 11.6 Å². The van der Waals surface area contributed by atoms with Crippen molar-refractivity contribution in [1.29, 1.82) is 0 Å². The van der Waals surface area contributed by atoms with E-state index in [0.717, 1.165) is 11.1 Å². The van der Waals surface area contributed by atoms with E-state index in [2.05, 4.69) is 10.3 Å². The summed E-state index contributed by atoms with van der Waals surface area (Å²) in [5.74, 6) is -0.628. The fourth-order valence-electron chi connectivity index (χ4n) is 3.23. The summed E-state index contributed by atoms with van der Waals surface area (Å²) in [5, 5.41) is 3.28. The summed E-state index contributed by atoms with van der Waals surface area (Å²) in [6.07, 6.45) is 1.48. The maximum absolute atomic E-state index is 13.2. The maximum Gasteiger partial charge on any atom is 0.337 e. The number of carbonyl (C=O) groups excluding carboxylic acids is 2. The molecule has 0 bridgehead atoms. The molecular formula is C24H23ClFN3O3. The van der Waals surface area contributed by atoms with Gasteiger partial charge in [0.05, 0.1) is 29.3 Å². The fourth-order valence-corrected chi connectivity index (χ4v) is 3.38. The number of hydrogen-bond donors (Lipinski definition) is 1. The van der Waals surface area contributed by atoms with Crippen LogP contribution in [0.3, 0.4) is 0 Å². The molecule has 1 amide bonds. The highest BCUT2D eigenvalue weighted by Gasteiger charge is 2.19. The van der Waals surface area contributed by atoms with Crippen LogP contribution in [0, 0.1) is 5.82 Å². The number of benzene rings is 2. The van der Waals surface area contributed by atoms with Gasteiger partial charge in [-0.05, 0) is 48.4 Å². The van der Waals surface area contributed by atoms with Crippen molar-refractivity contribution >= 4 is 29.3 Å². The molecule has 1 N–H and O–H groups in total. The van der Waals surface area contributed by atoms with Crippen molar-refractivity contribution in [1.82, 2.24) is 10.3 Å². The molecule has 0 unspecified atom stereocenters. The molecule has 166 valence electrons. The molecule has 0 fully saturated rings. The number of nitrogens with zero attached hydrogens (tertiary/aromatic N) is 2. The highest BCUT2D eigenvalue weighted by molar-refractivity contribution is 6.31. The van der Waals surface area contributed by atoms with Gasteiger partial charge < -0.3 is 15.0 Å². The number of methoxy groups -OCH3 is 1. The molecule has 32 heavy (non-hydrogen) atoms. The second kappa shape index (κ2) is 10.2. The quantitative estimate of drug-likeness (QED) is 0.519. The molecule has 0 aliphatic rings. The minimum atomic E-state index is -0.424. The predicted octanol–water partition coefficient (Wildman–Crippen LogP) is 4.79. The van der Waals surface area contributed by atoms with Crippen LogP contribution < -0.4 is 10.2 Å². The normalized spacial score (nSPS) is 11.5. The molecule has 0 spiro atoms. The van der Waals surface area contributed by atoms with Gasteiger partial charge in [-0.15, -0.1) is 0 Å². The van der Waals surface area contributed by atoms with E-state index in [-0.39, 0.29) is 17.8 Å². The smallest absolute Gasteiger partial charge is 0.337 e. The molecule has 2 aromatic carbocycles. The minimum Gasteiger partial charge on any atom is -0.465 e. The monoisotopic (exact) mass is 455 g/mol. The Balaban J connectivity index is 1.77. The summed E-state index contributed by atoms with van der Waals surface area (Å²) in [4.78, 5) is 30.8. The fraction of sp³-hybridized carbons (Fsp3) is 0.208. The van der Waals surface area contributed by atoms with Crippen molar-refractivity contribution < 1.29 is 18.7 Å². The molecule has 6 nitrogen and oxygen atoms in total. The zero-order valence-electron chi connectivity index (χ0n) is 17.9. The van der Waals surface area contributed by atoms with Crippen LogP contribution in [0.5, 0.6) is 0 Å². The second-order valence-electron chi connectivity index (χ2n) is 7.32. The number of nitrogens with one attached hydrogen (secondary N) is 1. The molecule has 1 atom stereocenters. The van der Waals surface area contributed by atoms with Gasteiger partial charge in [-0.3, -0.25) is 4.79 Å². The Bertz CT molecular complexity index is 1100. The van der Waals surface area contributed by atoms with E-state index < -0.39 is 5.97 Å². The van der Waals surface area contributed by atoms with Crippen LogP contribution in [0.1, 0.15) is 44.8 Å². The highest BCUT2D eigenvalue weighted by atomic mass is 35.5. The van der Waals surface area contributed by atoms with Crippen molar-refractivity contribution in [2.24, 2.45) is 0 Å². The molecule has 0 saturated carbocycles. The van der Waals surface area contributed by atoms with E-state index in [0.29, 0.717) is 28.5 Å². The third-order valence-electron chi connectivity index (χ3n) is 4.95. The van der Waals surface area contributed by atoms with Gasteiger partial charge >= 0.3 is 5.97 Å². The number of esters is 1. The zero-order chi connectivity index (χ0) is 23.3. The van der Waals surface area contributed by atoms with Gasteiger partial charge in [-0.1, -0.05) is 35.9 Å². The minimum absolute atomic E-state index is 0.310. The van der Waals surface area contributed by atoms with E-state index in [1.54, 1.807) is 54.4 Å². The molecule has 0 aliphatic carbocycles. The van der Waals surface area contributed by atoms with E-state index in [9.17, 15) is 14.0 Å². The number of pyridine rings is 1. The lowest BCUT2D eigenvalue weighted by atomic mass is 10.1. The molecule has 3 aromatic rings. The third kappa shape index (κ3) is 5.62. The number of halogens is 2. The van der Waals surface area contributed by atoms with Gasteiger partial charge in [0.25, 0.3) is 5.91 Å². The lowest BCUT2D eigenvalue weighted by molar-refractivity contribution is 0.0600. The number of amides is 1. The van der Waals surface area contributed by atoms with Crippen LogP contribution in [0.4, 0.5) is 10.2 Å². The standard InChI is InChI=1S/C24H23ClFN3O3/c1-15(17-6-8-18(9-7-17)24(31)32-3)28-23(30)21-12-19(25)13-27-22(21)29(2)14-16-4-10-20(26)11-5-16/h4-13,15H,14H2,1-3H3,(H,28,30)/t15-/m0/s1. The van der Waals surface area contributed by atoms with Crippen molar-refractivity contribution in [2.75, 3.05) is 19.1 Å². The average molecular weight is 456 g/mol. The Morgan fingerprint density at radius 1 is 1.16 bits per heavy atom. The molecule has 1 heterocycles. The molecule has 0 saturated heterocycles. The van der Waals surface area contributed by atoms with E-state index >= 15 is 0 Å². The average Bonchev–Trinajstić information content (AvgIpc) is 2.79. The molecule has 0 aliphatic heterocycles. The van der Waals surface area contributed by atoms with Crippen molar-refractivity contribution in [3.05, 3.63) is 93.9 Å². The summed E-state index contributed by atoms with van der Waals surface area (Å²) in [6, 6.07) is 14.2. The Morgan fingerprint density at radius 2 is 1.81 bits per heavy atom. The molecule has 1 aromatic heterocycles. The SMILES string of the molecule is COC(=O)c1ccc([C@H](C)NC(=O)c2cc(Cl)cnc2N(C)Cc2ccc(F)cc2)cc1. The zero-order valence-corrected chi connectivity index (χ0v) is 18.7. The lowest BCUT2D eigenvalue weighted by Crippen LogP contribution is -2.29. The van der Waals surface area contributed by atoms with Gasteiger partial charge in [-0.2, -0.15) is 0 Å². The summed E-state index contributed by atoms with van der Waals surface area (Å²) in [5.41, 5.74) is 2.44. The van der Waals surface area contributed by atoms with Crippen LogP contribution >= 0.6 is 11.6 Å². The van der Waals surface area contributed by atoms with E-state index in [4.69, 9.17) is 16.3 Å². The van der Waals surface area contributed by atoms with Crippen molar-refractivity contribution in [3.8, 4) is 0 Å². The van der Waals surface area contributed by atoms with Crippen molar-refractivity contribution in [2.45, 2.75) is 19.5 Å². The molecule has 3 rings (SSSR count). The molecule has 0 radical (unpaired) electrons. The Morgan fingerprint density at radius 3 is 2.44 bits per heavy atom. The first kappa shape index (κ1) is 23.2. The van der Waals surface area contributed by atoms with Gasteiger partial charge in [0, 0.05) is 19.8 Å². The maximum atomic E-state index is 13.2. The predicted molar refractivity (Wildman–Crippen MR) is 121 cm³/mol. The first-order valence-electron chi connectivity index (χ1n) is 9.88. The van der Waals surface area contributed by atoms with Crippen LogP contribution in [-0.2, 0) is 11.3 Å². The van der Waals surface area contributed by atoms with Crippen LogP contribution in [-0.4, -0.2) is 31.0 Å². The summed E-state index contributed by atoms with van der Waals surface area (Å²) >= 11 is 6.11. The largest absolute Gasteiger partial charge is 0.465 e. The van der Waals surface area contributed by atoms with Gasteiger partial charge in [0.15, 0.2) is 0 Å². The first-order chi connectivity index (χ1) is 15.3. The number of hydrogen-bond acceptors (Lipinski definition) is 5. The Hall–Kier alpha value is -3.45. The number of carbonyl (C=O) groups is 2. The topological polar surface area (TPSA) is 71.5 Å². The number of rotatable bonds is 7. The number of anilines is 1. The first-order valence-corrected chi connectivity index (χ1v) is 10.3. The van der Waals surface area contributed by atoms with Crippen LogP contribution in [0.2, 0.25) is 5.02 Å². The van der Waals surface area contributed by atoms with Gasteiger partial charge in [0.2, 0.25) is 0 Å². The molecular weight excluding hydrogens is 433 g/mol. The second-order valence-corrected chi connectivity index (χ2v) is 7.75. The number of ether oxygens (including phenoxy) is 1. The van der Waals surface area contributed by atoms with Crippen molar-refractivity contribution in [3.63, 3.8) is 0 Å². The number of aromatic nitrogens is 1. The summed E-state index contributed by atoms with van der Waals surface area (Å²) in [6.45, 7) is 2.27. The Kier molecular flexibility index (Phi) is 7.43. The molecule has 8 heteroatoms. The van der Waals surface area contributed by atoms with Crippen LogP contribution in [0.25, 0.3) is 0 Å². The van der Waals surface area contributed by atoms with Gasteiger partial charge in [-0.25, -0.2) is 14.2 Å². The highest BCUT2D eigenvalue weighted by Crippen LogP contribution is 2.23. The lowest BCUT2D eigenvalue weighted by Gasteiger charge is -2.22. The van der Waals surface area contributed by atoms with E-state index in [1.807, 2.05) is 6.92 Å². The third-order valence-corrected chi connectivity index (χ3v) is 5.16.